The number of hydrogen-bond acceptors (Lipinski definition) is 7. The van der Waals surface area contributed by atoms with Gasteiger partial charge in [-0.2, -0.15) is 5.10 Å². The van der Waals surface area contributed by atoms with Gasteiger partial charge in [0.2, 0.25) is 0 Å². The average Bonchev–Trinajstić information content (AvgIpc) is 3.32. The van der Waals surface area contributed by atoms with E-state index in [0.29, 0.717) is 35.0 Å². The number of amides is 1. The van der Waals surface area contributed by atoms with Gasteiger partial charge < -0.3 is 10.4 Å². The molecule has 0 bridgehead atoms. The molecule has 2 N–H and O–H groups in total. The maximum absolute atomic E-state index is 13.3. The average molecular weight is 526 g/mol. The van der Waals surface area contributed by atoms with Crippen molar-refractivity contribution in [1.29, 1.82) is 0 Å². The van der Waals surface area contributed by atoms with Gasteiger partial charge in [0.15, 0.2) is 9.84 Å². The number of nitrogens with zero attached hydrogens (tertiary/aromatic N) is 4. The fourth-order valence-electron chi connectivity index (χ4n) is 3.89. The van der Waals surface area contributed by atoms with E-state index in [0.717, 1.165) is 0 Å². The summed E-state index contributed by atoms with van der Waals surface area (Å²) in [6, 6.07) is 6.61. The van der Waals surface area contributed by atoms with Crippen LogP contribution in [0.1, 0.15) is 48.1 Å². The number of carboxylic acid groups (broad SMARTS) is 1. The summed E-state index contributed by atoms with van der Waals surface area (Å²) < 4.78 is 40.0. The summed E-state index contributed by atoms with van der Waals surface area (Å²) in [5.74, 6) is -2.58. The molecule has 10 nitrogen and oxygen atoms in total. The van der Waals surface area contributed by atoms with Gasteiger partial charge in [-0.05, 0) is 42.3 Å². The molecule has 0 spiro atoms. The second-order valence-corrected chi connectivity index (χ2v) is 10.5. The highest BCUT2D eigenvalue weighted by Crippen LogP contribution is 2.25. The molecule has 1 amide bonds. The van der Waals surface area contributed by atoms with E-state index in [1.54, 1.807) is 23.0 Å². The molecule has 0 aliphatic carbocycles. The van der Waals surface area contributed by atoms with Crippen molar-refractivity contribution in [3.8, 4) is 5.69 Å². The van der Waals surface area contributed by atoms with Crippen LogP contribution in [0, 0.1) is 5.82 Å². The number of carbonyl (C=O) groups excluding carboxylic acids is 1. The molecule has 3 aromatic heterocycles. The molecule has 4 rings (SSSR count). The van der Waals surface area contributed by atoms with Crippen molar-refractivity contribution in [1.82, 2.24) is 25.1 Å². The zero-order chi connectivity index (χ0) is 26.6. The Morgan fingerprint density at radius 2 is 1.81 bits per heavy atom. The van der Waals surface area contributed by atoms with Crippen molar-refractivity contribution >= 4 is 32.6 Å². The molecule has 37 heavy (non-hydrogen) atoms. The number of sulfone groups is 1. The topological polar surface area (TPSA) is 144 Å². The smallest absolute Gasteiger partial charge is 0.304 e. The number of halogens is 1. The Labute approximate surface area is 212 Å². The second-order valence-electron chi connectivity index (χ2n) is 8.38. The summed E-state index contributed by atoms with van der Waals surface area (Å²) in [5, 5.41) is 16.6. The highest BCUT2D eigenvalue weighted by molar-refractivity contribution is 7.91. The number of pyridine rings is 2. The predicted octanol–water partition coefficient (Wildman–Crippen LogP) is 3.47. The number of hydrogen-bond donors (Lipinski definition) is 2. The summed E-state index contributed by atoms with van der Waals surface area (Å²) in [7, 11) is -3.86. The maximum atomic E-state index is 13.3. The number of rotatable bonds is 10. The van der Waals surface area contributed by atoms with Crippen molar-refractivity contribution in [3.05, 3.63) is 78.3 Å². The monoisotopic (exact) mass is 525 g/mol. The van der Waals surface area contributed by atoms with Gasteiger partial charge in [0, 0.05) is 24.0 Å². The van der Waals surface area contributed by atoms with E-state index in [9.17, 15) is 22.4 Å². The first-order valence-corrected chi connectivity index (χ1v) is 13.1. The van der Waals surface area contributed by atoms with Crippen LogP contribution in [-0.2, 0) is 14.6 Å². The molecular weight excluding hydrogens is 501 g/mol. The third-order valence-electron chi connectivity index (χ3n) is 5.78. The van der Waals surface area contributed by atoms with Gasteiger partial charge in [-0.15, -0.1) is 0 Å². The fourth-order valence-corrected chi connectivity index (χ4v) is 5.11. The van der Waals surface area contributed by atoms with Gasteiger partial charge in [-0.25, -0.2) is 17.5 Å². The van der Waals surface area contributed by atoms with E-state index in [2.05, 4.69) is 20.4 Å². The first kappa shape index (κ1) is 25.9. The lowest BCUT2D eigenvalue weighted by atomic mass is 10.0. The standard InChI is InChI=1S/C25H24FN5O5S/c1-2-3-22(16-10-19(12-27-11-16)37(35,36)9-8-24(32)33)30-25(34)21-13-28-15-23-20(21)14-29-31(23)18-6-4-17(26)5-7-18/h4-7,10-15,22H,2-3,8-9H2,1H3,(H,30,34)(H,32,33)/t22-/m0/s1. The van der Waals surface area contributed by atoms with Crippen LogP contribution >= 0.6 is 0 Å². The minimum atomic E-state index is -3.86. The van der Waals surface area contributed by atoms with Crippen molar-refractivity contribution in [2.75, 3.05) is 5.75 Å². The molecule has 0 fully saturated rings. The molecular formula is C25H24FN5O5S. The van der Waals surface area contributed by atoms with Crippen molar-refractivity contribution in [2.45, 2.75) is 37.1 Å². The Hall–Kier alpha value is -4.19. The number of benzene rings is 1. The summed E-state index contributed by atoms with van der Waals surface area (Å²) >= 11 is 0. The molecule has 0 radical (unpaired) electrons. The van der Waals surface area contributed by atoms with Crippen LogP contribution in [0.25, 0.3) is 16.6 Å². The summed E-state index contributed by atoms with van der Waals surface area (Å²) in [6.45, 7) is 1.93. The van der Waals surface area contributed by atoms with Gasteiger partial charge in [0.25, 0.3) is 5.91 Å². The van der Waals surface area contributed by atoms with E-state index >= 15 is 0 Å². The summed E-state index contributed by atoms with van der Waals surface area (Å²) in [4.78, 5) is 32.3. The van der Waals surface area contributed by atoms with Crippen molar-refractivity contribution < 1.29 is 27.5 Å². The Balaban J connectivity index is 1.62. The molecule has 12 heteroatoms. The zero-order valence-corrected chi connectivity index (χ0v) is 20.7. The number of aromatic nitrogens is 4. The van der Waals surface area contributed by atoms with Gasteiger partial charge >= 0.3 is 5.97 Å². The normalized spacial score (nSPS) is 12.4. The van der Waals surface area contributed by atoms with Crippen LogP contribution < -0.4 is 5.32 Å². The summed E-state index contributed by atoms with van der Waals surface area (Å²) in [6.07, 6.45) is 7.81. The third kappa shape index (κ3) is 5.80. The molecule has 3 heterocycles. The molecule has 0 aliphatic heterocycles. The molecule has 0 saturated carbocycles. The quantitative estimate of drug-likeness (QED) is 0.320. The molecule has 0 saturated heterocycles. The Morgan fingerprint density at radius 1 is 1.08 bits per heavy atom. The van der Waals surface area contributed by atoms with Crippen molar-refractivity contribution in [2.24, 2.45) is 0 Å². The SMILES string of the molecule is CCC[C@H](NC(=O)c1cncc2c1cnn2-c1ccc(F)cc1)c1cncc(S(=O)(=O)CCC(=O)O)c1. The largest absolute Gasteiger partial charge is 0.481 e. The lowest BCUT2D eigenvalue weighted by Gasteiger charge is -2.19. The van der Waals surface area contributed by atoms with Crippen LogP contribution in [0.3, 0.4) is 0 Å². The second kappa shape index (κ2) is 10.8. The molecule has 192 valence electrons. The predicted molar refractivity (Wildman–Crippen MR) is 132 cm³/mol. The molecule has 1 atom stereocenters. The van der Waals surface area contributed by atoms with E-state index < -0.39 is 39.9 Å². The van der Waals surface area contributed by atoms with E-state index in [4.69, 9.17) is 5.11 Å². The Kier molecular flexibility index (Phi) is 7.58. The lowest BCUT2D eigenvalue weighted by molar-refractivity contribution is -0.136. The zero-order valence-electron chi connectivity index (χ0n) is 19.8. The van der Waals surface area contributed by atoms with E-state index in [-0.39, 0.29) is 16.3 Å². The van der Waals surface area contributed by atoms with Gasteiger partial charge in [-0.1, -0.05) is 13.3 Å². The van der Waals surface area contributed by atoms with Crippen LogP contribution in [0.2, 0.25) is 0 Å². The lowest BCUT2D eigenvalue weighted by Crippen LogP contribution is -2.29. The minimum Gasteiger partial charge on any atom is -0.481 e. The van der Waals surface area contributed by atoms with E-state index in [1.807, 2.05) is 6.92 Å². The van der Waals surface area contributed by atoms with Crippen LogP contribution in [0.5, 0.6) is 0 Å². The van der Waals surface area contributed by atoms with Crippen LogP contribution in [0.4, 0.5) is 4.39 Å². The molecule has 1 aromatic carbocycles. The highest BCUT2D eigenvalue weighted by Gasteiger charge is 2.22. The number of carboxylic acids is 1. The van der Waals surface area contributed by atoms with Crippen LogP contribution in [0.15, 0.2) is 66.2 Å². The first-order valence-electron chi connectivity index (χ1n) is 11.5. The molecule has 0 aliphatic rings. The number of nitrogens with one attached hydrogen (secondary N) is 1. The molecule has 0 unspecified atom stereocenters. The minimum absolute atomic E-state index is 0.106. The van der Waals surface area contributed by atoms with Crippen molar-refractivity contribution in [3.63, 3.8) is 0 Å². The van der Waals surface area contributed by atoms with Gasteiger partial charge in [0.05, 0.1) is 52.3 Å². The number of fused-ring (bicyclic) bond motifs is 1. The highest BCUT2D eigenvalue weighted by atomic mass is 32.2. The Bertz CT molecular complexity index is 1550. The maximum Gasteiger partial charge on any atom is 0.304 e. The fraction of sp³-hybridized carbons (Fsp3) is 0.240. The van der Waals surface area contributed by atoms with E-state index in [1.165, 1.54) is 43.0 Å². The number of aliphatic carboxylic acids is 1. The van der Waals surface area contributed by atoms with Gasteiger partial charge in [0.1, 0.15) is 5.82 Å². The third-order valence-corrected chi connectivity index (χ3v) is 7.46. The van der Waals surface area contributed by atoms with Crippen LogP contribution in [-0.4, -0.2) is 50.9 Å². The first-order chi connectivity index (χ1) is 17.7. The Morgan fingerprint density at radius 3 is 2.51 bits per heavy atom. The number of carbonyl (C=O) groups is 2. The van der Waals surface area contributed by atoms with Gasteiger partial charge in [-0.3, -0.25) is 19.6 Å². The summed E-state index contributed by atoms with van der Waals surface area (Å²) in [5.41, 5.74) is 1.91. The molecule has 4 aromatic rings.